The number of carbonyl (C=O) groups excluding carboxylic acids is 1. The molecule has 1 aliphatic rings. The predicted molar refractivity (Wildman–Crippen MR) is 98.4 cm³/mol. The molecule has 2 aromatic rings. The lowest BCUT2D eigenvalue weighted by molar-refractivity contribution is -0.117. The molecule has 0 fully saturated rings. The summed E-state index contributed by atoms with van der Waals surface area (Å²) in [4.78, 5) is 12.5. The molecule has 0 spiro atoms. The predicted octanol–water partition coefficient (Wildman–Crippen LogP) is 3.13. The van der Waals surface area contributed by atoms with Gasteiger partial charge in [-0.1, -0.05) is 48.5 Å². The summed E-state index contributed by atoms with van der Waals surface area (Å²) < 4.78 is 5.64. The topological polar surface area (TPSA) is 58.6 Å². The lowest BCUT2D eigenvalue weighted by Gasteiger charge is -2.21. The van der Waals surface area contributed by atoms with Crippen LogP contribution in [0.3, 0.4) is 0 Å². The number of para-hydroxylation sites is 1. The van der Waals surface area contributed by atoms with Crippen LogP contribution < -0.4 is 10.1 Å². The number of nitrogens with one attached hydrogen (secondary N) is 1. The molecule has 2 unspecified atom stereocenters. The van der Waals surface area contributed by atoms with Crippen LogP contribution in [0.5, 0.6) is 5.75 Å². The zero-order chi connectivity index (χ0) is 17.6. The highest BCUT2D eigenvalue weighted by atomic mass is 16.5. The highest BCUT2D eigenvalue weighted by Crippen LogP contribution is 2.26. The summed E-state index contributed by atoms with van der Waals surface area (Å²) in [5, 5.41) is 12.8. The monoisotopic (exact) mass is 337 g/mol. The molecule has 2 aromatic carbocycles. The maximum absolute atomic E-state index is 12.5. The van der Waals surface area contributed by atoms with Crippen molar-refractivity contribution in [3.8, 4) is 5.75 Å². The van der Waals surface area contributed by atoms with Crippen molar-refractivity contribution in [3.05, 3.63) is 71.3 Å². The fourth-order valence-electron chi connectivity index (χ4n) is 3.05. The van der Waals surface area contributed by atoms with Crippen LogP contribution in [-0.2, 0) is 4.79 Å². The van der Waals surface area contributed by atoms with Crippen molar-refractivity contribution in [3.63, 3.8) is 0 Å². The first-order chi connectivity index (χ1) is 12.1. The van der Waals surface area contributed by atoms with Gasteiger partial charge in [0.05, 0.1) is 11.7 Å². The third-order valence-corrected chi connectivity index (χ3v) is 4.33. The second-order valence-electron chi connectivity index (χ2n) is 6.40. The van der Waals surface area contributed by atoms with Crippen molar-refractivity contribution in [2.24, 2.45) is 0 Å². The summed E-state index contributed by atoms with van der Waals surface area (Å²) in [5.74, 6) is 0.749. The second kappa shape index (κ2) is 7.99. The van der Waals surface area contributed by atoms with Gasteiger partial charge < -0.3 is 15.2 Å². The molecule has 0 saturated heterocycles. The standard InChI is InChI=1S/C21H23NO3/c1-15(23)11-18(16-7-3-2-4-8-16)13-22-21(24)19-12-17-9-5-6-10-20(17)25-14-19/h2-10,12,15,18,23H,11,13-14H2,1H3,(H,22,24). The van der Waals surface area contributed by atoms with E-state index in [0.29, 0.717) is 18.5 Å². The Bertz CT molecular complexity index is 753. The van der Waals surface area contributed by atoms with Crippen LogP contribution in [0.2, 0.25) is 0 Å². The smallest absolute Gasteiger partial charge is 0.250 e. The Morgan fingerprint density at radius 1 is 1.16 bits per heavy atom. The molecule has 1 amide bonds. The Kier molecular flexibility index (Phi) is 5.51. The number of carbonyl (C=O) groups is 1. The Balaban J connectivity index is 1.67. The lowest BCUT2D eigenvalue weighted by Crippen LogP contribution is -2.32. The molecule has 4 nitrogen and oxygen atoms in total. The van der Waals surface area contributed by atoms with Crippen LogP contribution in [0, 0.1) is 0 Å². The largest absolute Gasteiger partial charge is 0.488 e. The molecule has 0 radical (unpaired) electrons. The Hall–Kier alpha value is -2.59. The van der Waals surface area contributed by atoms with Gasteiger partial charge in [-0.05, 0) is 31.1 Å². The molecule has 25 heavy (non-hydrogen) atoms. The SMILES string of the molecule is CC(O)CC(CNC(=O)C1=Cc2ccccc2OC1)c1ccccc1. The molecule has 2 atom stereocenters. The van der Waals surface area contributed by atoms with Crippen LogP contribution >= 0.6 is 0 Å². The van der Waals surface area contributed by atoms with E-state index in [1.165, 1.54) is 0 Å². The first kappa shape index (κ1) is 17.2. The van der Waals surface area contributed by atoms with E-state index in [0.717, 1.165) is 16.9 Å². The number of aliphatic hydroxyl groups excluding tert-OH is 1. The van der Waals surface area contributed by atoms with E-state index in [9.17, 15) is 9.90 Å². The fraction of sp³-hybridized carbons (Fsp3) is 0.286. The van der Waals surface area contributed by atoms with E-state index in [2.05, 4.69) is 5.32 Å². The van der Waals surface area contributed by atoms with Gasteiger partial charge in [-0.25, -0.2) is 0 Å². The molecule has 130 valence electrons. The van der Waals surface area contributed by atoms with Crippen molar-refractivity contribution in [2.45, 2.75) is 25.4 Å². The normalized spacial score (nSPS) is 15.4. The number of rotatable bonds is 6. The highest BCUT2D eigenvalue weighted by molar-refractivity contribution is 5.99. The molecule has 4 heteroatoms. The van der Waals surface area contributed by atoms with Crippen LogP contribution in [-0.4, -0.2) is 30.3 Å². The summed E-state index contributed by atoms with van der Waals surface area (Å²) >= 11 is 0. The van der Waals surface area contributed by atoms with Crippen LogP contribution in [0.25, 0.3) is 6.08 Å². The van der Waals surface area contributed by atoms with E-state index < -0.39 is 6.10 Å². The van der Waals surface area contributed by atoms with Crippen LogP contribution in [0.1, 0.15) is 30.4 Å². The van der Waals surface area contributed by atoms with Gasteiger partial charge >= 0.3 is 0 Å². The highest BCUT2D eigenvalue weighted by Gasteiger charge is 2.19. The average Bonchev–Trinajstić information content (AvgIpc) is 2.65. The number of fused-ring (bicyclic) bond motifs is 1. The molecular formula is C21H23NO3. The Morgan fingerprint density at radius 2 is 1.88 bits per heavy atom. The number of hydrogen-bond acceptors (Lipinski definition) is 3. The van der Waals surface area contributed by atoms with Gasteiger partial charge in [0.2, 0.25) is 0 Å². The number of amides is 1. The second-order valence-corrected chi connectivity index (χ2v) is 6.40. The molecule has 2 N–H and O–H groups in total. The van der Waals surface area contributed by atoms with E-state index in [4.69, 9.17) is 4.74 Å². The summed E-state index contributed by atoms with van der Waals surface area (Å²) in [5.41, 5.74) is 2.65. The molecule has 0 saturated carbocycles. The number of benzene rings is 2. The van der Waals surface area contributed by atoms with Crippen molar-refractivity contribution in [1.29, 1.82) is 0 Å². The van der Waals surface area contributed by atoms with Crippen molar-refractivity contribution in [1.82, 2.24) is 5.32 Å². The minimum Gasteiger partial charge on any atom is -0.488 e. The molecule has 0 bridgehead atoms. The van der Waals surface area contributed by atoms with E-state index in [1.807, 2.05) is 60.7 Å². The van der Waals surface area contributed by atoms with Crippen molar-refractivity contribution < 1.29 is 14.6 Å². The van der Waals surface area contributed by atoms with Crippen molar-refractivity contribution in [2.75, 3.05) is 13.2 Å². The molecule has 3 rings (SSSR count). The number of ether oxygens (including phenoxy) is 1. The van der Waals surface area contributed by atoms with Gasteiger partial charge in [0.25, 0.3) is 5.91 Å². The van der Waals surface area contributed by atoms with Crippen LogP contribution in [0.4, 0.5) is 0 Å². The summed E-state index contributed by atoms with van der Waals surface area (Å²) in [6.45, 7) is 2.52. The maximum Gasteiger partial charge on any atom is 0.250 e. The minimum absolute atomic E-state index is 0.0718. The van der Waals surface area contributed by atoms with Gasteiger partial charge in [-0.2, -0.15) is 0 Å². The molecule has 1 aliphatic heterocycles. The van der Waals surface area contributed by atoms with Gasteiger partial charge in [0.15, 0.2) is 0 Å². The van der Waals surface area contributed by atoms with E-state index in [1.54, 1.807) is 6.92 Å². The third kappa shape index (κ3) is 4.48. The molecular weight excluding hydrogens is 314 g/mol. The quantitative estimate of drug-likeness (QED) is 0.851. The van der Waals surface area contributed by atoms with E-state index in [-0.39, 0.29) is 18.4 Å². The first-order valence-corrected chi connectivity index (χ1v) is 8.57. The molecule has 0 aromatic heterocycles. The Morgan fingerprint density at radius 3 is 2.64 bits per heavy atom. The maximum atomic E-state index is 12.5. The first-order valence-electron chi connectivity index (χ1n) is 8.57. The third-order valence-electron chi connectivity index (χ3n) is 4.33. The van der Waals surface area contributed by atoms with Crippen molar-refractivity contribution >= 4 is 12.0 Å². The molecule has 0 aliphatic carbocycles. The zero-order valence-corrected chi connectivity index (χ0v) is 14.3. The summed E-state index contributed by atoms with van der Waals surface area (Å²) in [6, 6.07) is 17.6. The summed E-state index contributed by atoms with van der Waals surface area (Å²) in [7, 11) is 0. The minimum atomic E-state index is -0.425. The summed E-state index contributed by atoms with van der Waals surface area (Å²) in [6.07, 6.45) is 2.05. The van der Waals surface area contributed by atoms with E-state index >= 15 is 0 Å². The van der Waals surface area contributed by atoms with Gasteiger partial charge in [0, 0.05) is 18.0 Å². The number of hydrogen-bond donors (Lipinski definition) is 2. The zero-order valence-electron chi connectivity index (χ0n) is 14.3. The van der Waals surface area contributed by atoms with Crippen LogP contribution in [0.15, 0.2) is 60.2 Å². The number of aliphatic hydroxyl groups is 1. The lowest BCUT2D eigenvalue weighted by atomic mass is 9.93. The average molecular weight is 337 g/mol. The van der Waals surface area contributed by atoms with Gasteiger partial charge in [-0.3, -0.25) is 4.79 Å². The van der Waals surface area contributed by atoms with Gasteiger partial charge in [-0.15, -0.1) is 0 Å². The fourth-order valence-corrected chi connectivity index (χ4v) is 3.05. The Labute approximate surface area is 148 Å². The van der Waals surface area contributed by atoms with Gasteiger partial charge in [0.1, 0.15) is 12.4 Å². The molecule has 1 heterocycles.